The van der Waals surface area contributed by atoms with Gasteiger partial charge in [-0.3, -0.25) is 9.48 Å². The molecule has 2 heterocycles. The van der Waals surface area contributed by atoms with Crippen LogP contribution in [0.1, 0.15) is 16.3 Å². The second kappa shape index (κ2) is 4.11. The fourth-order valence-corrected chi connectivity index (χ4v) is 2.09. The number of rotatable bonds is 3. The Morgan fingerprint density at radius 2 is 2.38 bits per heavy atom. The normalized spacial score (nSPS) is 10.7. The van der Waals surface area contributed by atoms with Crippen molar-refractivity contribution in [3.05, 3.63) is 17.7 Å². The monoisotopic (exact) mass is 238 g/mol. The summed E-state index contributed by atoms with van der Waals surface area (Å²) in [5.74, 6) is 0.286. The van der Waals surface area contributed by atoms with Crippen molar-refractivity contribution in [2.75, 3.05) is 6.61 Å². The van der Waals surface area contributed by atoms with E-state index in [9.17, 15) is 4.79 Å². The third-order valence-electron chi connectivity index (χ3n) is 2.10. The maximum atomic E-state index is 11.5. The third-order valence-corrected chi connectivity index (χ3v) is 2.94. The molecule has 0 atom stereocenters. The van der Waals surface area contributed by atoms with Gasteiger partial charge in [-0.15, -0.1) is 0 Å². The lowest BCUT2D eigenvalue weighted by molar-refractivity contribution is 0.0895. The van der Waals surface area contributed by atoms with Gasteiger partial charge in [0.15, 0.2) is 0 Å². The van der Waals surface area contributed by atoms with Gasteiger partial charge >= 0.3 is 0 Å². The number of aromatic nitrogens is 4. The van der Waals surface area contributed by atoms with Gasteiger partial charge in [0.25, 0.3) is 0 Å². The number of carbonyl (C=O) groups is 1. The van der Waals surface area contributed by atoms with Gasteiger partial charge < -0.3 is 5.11 Å². The molecule has 0 spiro atoms. The largest absolute Gasteiger partial charge is 0.388 e. The number of Topliss-reactive ketones (excluding diaryl/α,β-unsaturated/α-hetero) is 1. The highest BCUT2D eigenvalue weighted by molar-refractivity contribution is 7.09. The Hall–Kier alpha value is -1.60. The molecule has 84 valence electrons. The third kappa shape index (κ3) is 1.74. The van der Waals surface area contributed by atoms with E-state index in [0.717, 1.165) is 0 Å². The summed E-state index contributed by atoms with van der Waals surface area (Å²) in [6.07, 6.45) is 1.56. The number of ketones is 1. The van der Waals surface area contributed by atoms with E-state index < -0.39 is 6.61 Å². The van der Waals surface area contributed by atoms with Crippen LogP contribution >= 0.6 is 11.5 Å². The molecular formula is C9H10N4O2S. The smallest absolute Gasteiger partial charge is 0.206 e. The fraction of sp³-hybridized carbons (Fsp3) is 0.333. The molecule has 16 heavy (non-hydrogen) atoms. The van der Waals surface area contributed by atoms with Crippen LogP contribution in [0.15, 0.2) is 6.20 Å². The number of aryl methyl sites for hydroxylation is 2. The van der Waals surface area contributed by atoms with Crippen LogP contribution < -0.4 is 0 Å². The van der Waals surface area contributed by atoms with Crippen molar-refractivity contribution < 1.29 is 9.90 Å². The van der Waals surface area contributed by atoms with Crippen LogP contribution in [0.2, 0.25) is 0 Å². The maximum Gasteiger partial charge on any atom is 0.206 e. The Bertz CT molecular complexity index is 531. The lowest BCUT2D eigenvalue weighted by Crippen LogP contribution is -2.11. The van der Waals surface area contributed by atoms with E-state index in [2.05, 4.69) is 14.5 Å². The van der Waals surface area contributed by atoms with E-state index in [-0.39, 0.29) is 5.78 Å². The van der Waals surface area contributed by atoms with Crippen molar-refractivity contribution in [2.45, 2.75) is 6.92 Å². The van der Waals surface area contributed by atoms with Crippen molar-refractivity contribution >= 4 is 17.3 Å². The van der Waals surface area contributed by atoms with E-state index in [1.165, 1.54) is 16.2 Å². The van der Waals surface area contributed by atoms with Gasteiger partial charge in [0.05, 0.1) is 11.8 Å². The molecule has 0 bridgehead atoms. The summed E-state index contributed by atoms with van der Waals surface area (Å²) in [4.78, 5) is 15.7. The summed E-state index contributed by atoms with van der Waals surface area (Å²) < 4.78 is 5.48. The highest BCUT2D eigenvalue weighted by Crippen LogP contribution is 2.24. The van der Waals surface area contributed by atoms with E-state index in [1.807, 2.05) is 0 Å². The molecular weight excluding hydrogens is 228 g/mol. The predicted molar refractivity (Wildman–Crippen MR) is 58.3 cm³/mol. The average molecular weight is 238 g/mol. The van der Waals surface area contributed by atoms with Crippen LogP contribution in [0.25, 0.3) is 10.6 Å². The summed E-state index contributed by atoms with van der Waals surface area (Å²) in [7, 11) is 1.65. The first-order chi connectivity index (χ1) is 7.63. The second-order valence-electron chi connectivity index (χ2n) is 3.26. The zero-order valence-corrected chi connectivity index (χ0v) is 9.65. The Labute approximate surface area is 95.7 Å². The minimum Gasteiger partial charge on any atom is -0.388 e. The molecule has 0 saturated heterocycles. The van der Waals surface area contributed by atoms with Crippen LogP contribution in [0.4, 0.5) is 0 Å². The number of aliphatic hydroxyl groups is 1. The van der Waals surface area contributed by atoms with Crippen molar-refractivity contribution in [1.82, 2.24) is 19.1 Å². The van der Waals surface area contributed by atoms with Crippen LogP contribution in [0, 0.1) is 6.92 Å². The molecule has 0 amide bonds. The van der Waals surface area contributed by atoms with E-state index >= 15 is 0 Å². The number of carbonyl (C=O) groups excluding carboxylic acids is 1. The molecule has 0 fully saturated rings. The first-order valence-electron chi connectivity index (χ1n) is 4.60. The van der Waals surface area contributed by atoms with Gasteiger partial charge in [0.1, 0.15) is 23.1 Å². The summed E-state index contributed by atoms with van der Waals surface area (Å²) in [6.45, 7) is 1.24. The predicted octanol–water partition coefficient (Wildman–Crippen LogP) is 0.422. The van der Waals surface area contributed by atoms with Gasteiger partial charge in [0.2, 0.25) is 5.78 Å². The molecule has 0 unspecified atom stereocenters. The van der Waals surface area contributed by atoms with Crippen LogP contribution in [0.5, 0.6) is 0 Å². The Kier molecular flexibility index (Phi) is 2.80. The van der Waals surface area contributed by atoms with Crippen LogP contribution in [-0.2, 0) is 7.05 Å². The quantitative estimate of drug-likeness (QED) is 0.784. The highest BCUT2D eigenvalue weighted by atomic mass is 32.1. The molecule has 2 aromatic heterocycles. The molecule has 2 rings (SSSR count). The van der Waals surface area contributed by atoms with Crippen LogP contribution in [0.3, 0.4) is 0 Å². The molecule has 7 heteroatoms. The summed E-state index contributed by atoms with van der Waals surface area (Å²) in [6, 6.07) is 0. The van der Waals surface area contributed by atoms with Crippen molar-refractivity contribution in [3.8, 4) is 10.6 Å². The molecule has 0 aliphatic carbocycles. The lowest BCUT2D eigenvalue weighted by atomic mass is 10.2. The molecule has 6 nitrogen and oxygen atoms in total. The lowest BCUT2D eigenvalue weighted by Gasteiger charge is -2.00. The maximum absolute atomic E-state index is 11.5. The molecule has 0 aliphatic rings. The van der Waals surface area contributed by atoms with Gasteiger partial charge in [-0.1, -0.05) is 0 Å². The van der Waals surface area contributed by atoms with Crippen molar-refractivity contribution in [1.29, 1.82) is 0 Å². The van der Waals surface area contributed by atoms with E-state index in [0.29, 0.717) is 22.1 Å². The van der Waals surface area contributed by atoms with Crippen molar-refractivity contribution in [3.63, 3.8) is 0 Å². The molecule has 2 aromatic rings. The Morgan fingerprint density at radius 3 is 2.94 bits per heavy atom. The Morgan fingerprint density at radius 1 is 1.62 bits per heavy atom. The zero-order chi connectivity index (χ0) is 11.7. The number of aliphatic hydroxyl groups excluding tert-OH is 1. The second-order valence-corrected chi connectivity index (χ2v) is 4.01. The first-order valence-corrected chi connectivity index (χ1v) is 5.37. The number of hydrogen-bond donors (Lipinski definition) is 1. The first kappa shape index (κ1) is 10.9. The summed E-state index contributed by atoms with van der Waals surface area (Å²) >= 11 is 1.21. The standard InChI is InChI=1S/C9H10N4O2S/c1-5-11-9(16-12-5)6-3-10-13(2)8(6)7(15)4-14/h3,14H,4H2,1-2H3. The van der Waals surface area contributed by atoms with Gasteiger partial charge in [-0.25, -0.2) is 4.98 Å². The summed E-state index contributed by atoms with van der Waals surface area (Å²) in [5.41, 5.74) is 0.978. The van der Waals surface area contributed by atoms with E-state index in [4.69, 9.17) is 5.11 Å². The van der Waals surface area contributed by atoms with Gasteiger partial charge in [0, 0.05) is 7.05 Å². The number of hydrogen-bond acceptors (Lipinski definition) is 6. The zero-order valence-electron chi connectivity index (χ0n) is 8.84. The summed E-state index contributed by atoms with van der Waals surface area (Å²) in [5, 5.41) is 13.5. The molecule has 0 radical (unpaired) electrons. The molecule has 0 aromatic carbocycles. The average Bonchev–Trinajstić information content (AvgIpc) is 2.83. The van der Waals surface area contributed by atoms with Crippen LogP contribution in [-0.4, -0.2) is 36.6 Å². The minimum absolute atomic E-state index is 0.360. The van der Waals surface area contributed by atoms with Gasteiger partial charge in [-0.05, 0) is 18.5 Å². The topological polar surface area (TPSA) is 80.9 Å². The molecule has 0 saturated carbocycles. The SMILES string of the molecule is Cc1nsc(-c2cnn(C)c2C(=O)CO)n1. The fourth-order valence-electron chi connectivity index (χ4n) is 1.41. The minimum atomic E-state index is -0.537. The molecule has 0 aliphatic heterocycles. The number of nitrogens with zero attached hydrogens (tertiary/aromatic N) is 4. The molecule has 1 N–H and O–H groups in total. The van der Waals surface area contributed by atoms with E-state index in [1.54, 1.807) is 20.2 Å². The Balaban J connectivity index is 2.53. The van der Waals surface area contributed by atoms with Gasteiger partial charge in [-0.2, -0.15) is 9.47 Å². The highest BCUT2D eigenvalue weighted by Gasteiger charge is 2.19. The van der Waals surface area contributed by atoms with Crippen molar-refractivity contribution in [2.24, 2.45) is 7.05 Å².